The summed E-state index contributed by atoms with van der Waals surface area (Å²) in [6.07, 6.45) is 3.11. The third-order valence-corrected chi connectivity index (χ3v) is 2.44. The van der Waals surface area contributed by atoms with Crippen molar-refractivity contribution in [3.63, 3.8) is 0 Å². The van der Waals surface area contributed by atoms with Crippen molar-refractivity contribution in [2.24, 2.45) is 0 Å². The van der Waals surface area contributed by atoms with Crippen molar-refractivity contribution in [3.05, 3.63) is 35.9 Å². The van der Waals surface area contributed by atoms with Crippen LogP contribution in [0.4, 0.5) is 5.82 Å². The summed E-state index contributed by atoms with van der Waals surface area (Å²) >= 11 is 0. The van der Waals surface area contributed by atoms with Gasteiger partial charge in [0.25, 0.3) is 0 Å². The number of esters is 1. The number of ether oxygens (including phenoxy) is 1. The van der Waals surface area contributed by atoms with Gasteiger partial charge in [0.15, 0.2) is 0 Å². The third-order valence-electron chi connectivity index (χ3n) is 2.44. The number of aromatic nitrogens is 5. The monoisotopic (exact) mass is 274 g/mol. The van der Waals surface area contributed by atoms with Crippen LogP contribution < -0.4 is 5.32 Å². The van der Waals surface area contributed by atoms with Crippen LogP contribution in [-0.2, 0) is 9.53 Å². The van der Waals surface area contributed by atoms with E-state index in [0.717, 1.165) is 5.56 Å². The molecule has 2 aromatic rings. The number of H-pyrrole nitrogens is 1. The van der Waals surface area contributed by atoms with Gasteiger partial charge in [0.2, 0.25) is 5.82 Å². The first-order valence-corrected chi connectivity index (χ1v) is 6.01. The average Bonchev–Trinajstić information content (AvgIpc) is 2.95. The van der Waals surface area contributed by atoms with Crippen LogP contribution in [0, 0.1) is 6.92 Å². The summed E-state index contributed by atoms with van der Waals surface area (Å²) in [6, 6.07) is 3.73. The van der Waals surface area contributed by atoms with Gasteiger partial charge >= 0.3 is 5.97 Å². The Labute approximate surface area is 115 Å². The first-order chi connectivity index (χ1) is 9.72. The average molecular weight is 274 g/mol. The van der Waals surface area contributed by atoms with Gasteiger partial charge in [-0.1, -0.05) is 6.07 Å². The summed E-state index contributed by atoms with van der Waals surface area (Å²) in [4.78, 5) is 16.0. The van der Waals surface area contributed by atoms with Gasteiger partial charge in [0.1, 0.15) is 11.4 Å². The molecule has 0 radical (unpaired) electrons. The van der Waals surface area contributed by atoms with Crippen molar-refractivity contribution in [1.29, 1.82) is 0 Å². The number of hydrogen-bond acceptors (Lipinski definition) is 7. The van der Waals surface area contributed by atoms with Crippen molar-refractivity contribution in [2.45, 2.75) is 13.8 Å². The predicted molar refractivity (Wildman–Crippen MR) is 71.4 cm³/mol. The zero-order chi connectivity index (χ0) is 14.4. The molecule has 0 aliphatic carbocycles. The molecular formula is C12H14N6O2. The number of aryl methyl sites for hydroxylation is 1. The summed E-state index contributed by atoms with van der Waals surface area (Å²) in [5.74, 6) is 0.261. The van der Waals surface area contributed by atoms with E-state index in [1.165, 1.54) is 6.20 Å². The highest BCUT2D eigenvalue weighted by molar-refractivity contribution is 6.15. The number of aromatic amines is 1. The van der Waals surface area contributed by atoms with E-state index < -0.39 is 5.97 Å². The predicted octanol–water partition coefficient (Wildman–Crippen LogP) is 0.919. The number of carbonyl (C=O) groups excluding carboxylic acids is 1. The summed E-state index contributed by atoms with van der Waals surface area (Å²) in [5, 5.41) is 16.2. The molecule has 0 unspecified atom stereocenters. The maximum absolute atomic E-state index is 11.9. The standard InChI is InChI=1S/C12H14N6O2/c1-3-20-12(19)9(11-15-17-18-16-11)7-14-10-8(2)5-4-6-13-10/h4-7H,3H2,1-2H3,(H,13,14)(H,15,16,17,18). The normalized spacial score (nSPS) is 11.2. The molecule has 2 N–H and O–H groups in total. The number of hydrogen-bond donors (Lipinski definition) is 2. The lowest BCUT2D eigenvalue weighted by atomic mass is 10.2. The van der Waals surface area contributed by atoms with Crippen molar-refractivity contribution in [3.8, 4) is 0 Å². The van der Waals surface area contributed by atoms with Gasteiger partial charge in [-0.3, -0.25) is 0 Å². The Kier molecular flexibility index (Phi) is 4.38. The molecule has 0 spiro atoms. The summed E-state index contributed by atoms with van der Waals surface area (Å²) in [6.45, 7) is 3.89. The lowest BCUT2D eigenvalue weighted by Gasteiger charge is -2.06. The number of carbonyl (C=O) groups is 1. The van der Waals surface area contributed by atoms with Crippen LogP contribution in [-0.4, -0.2) is 38.2 Å². The van der Waals surface area contributed by atoms with Crippen LogP contribution in [0.25, 0.3) is 5.57 Å². The molecule has 0 saturated heterocycles. The molecule has 8 nitrogen and oxygen atoms in total. The highest BCUT2D eigenvalue weighted by Crippen LogP contribution is 2.13. The van der Waals surface area contributed by atoms with Crippen molar-refractivity contribution >= 4 is 17.4 Å². The van der Waals surface area contributed by atoms with Gasteiger partial charge < -0.3 is 10.1 Å². The number of rotatable bonds is 5. The van der Waals surface area contributed by atoms with E-state index in [0.29, 0.717) is 5.82 Å². The molecule has 20 heavy (non-hydrogen) atoms. The Hall–Kier alpha value is -2.77. The molecule has 104 valence electrons. The Balaban J connectivity index is 2.25. The Bertz CT molecular complexity index is 608. The molecule has 8 heteroatoms. The fourth-order valence-electron chi connectivity index (χ4n) is 1.48. The number of tetrazole rings is 1. The number of anilines is 1. The smallest absolute Gasteiger partial charge is 0.343 e. The maximum atomic E-state index is 11.9. The van der Waals surface area contributed by atoms with Crippen molar-refractivity contribution in [1.82, 2.24) is 25.6 Å². The molecule has 0 saturated carbocycles. The Morgan fingerprint density at radius 1 is 1.55 bits per heavy atom. The van der Waals surface area contributed by atoms with Crippen LogP contribution in [0.5, 0.6) is 0 Å². The van der Waals surface area contributed by atoms with Gasteiger partial charge in [-0.15, -0.1) is 10.2 Å². The lowest BCUT2D eigenvalue weighted by molar-refractivity contribution is -0.136. The fourth-order valence-corrected chi connectivity index (χ4v) is 1.48. The van der Waals surface area contributed by atoms with Crippen LogP contribution in [0.15, 0.2) is 24.5 Å². The highest BCUT2D eigenvalue weighted by Gasteiger charge is 2.17. The second-order valence-electron chi connectivity index (χ2n) is 3.83. The van der Waals surface area contributed by atoms with Crippen molar-refractivity contribution in [2.75, 3.05) is 11.9 Å². The Morgan fingerprint density at radius 2 is 2.40 bits per heavy atom. The second-order valence-corrected chi connectivity index (χ2v) is 3.83. The molecule has 2 heterocycles. The summed E-state index contributed by atoms with van der Waals surface area (Å²) in [7, 11) is 0. The van der Waals surface area contributed by atoms with Crippen molar-refractivity contribution < 1.29 is 9.53 Å². The number of pyridine rings is 1. The zero-order valence-electron chi connectivity index (χ0n) is 11.1. The molecular weight excluding hydrogens is 260 g/mol. The molecule has 2 aromatic heterocycles. The summed E-state index contributed by atoms with van der Waals surface area (Å²) in [5.41, 5.74) is 1.12. The topological polar surface area (TPSA) is 106 Å². The fraction of sp³-hybridized carbons (Fsp3) is 0.250. The van der Waals surface area contributed by atoms with Gasteiger partial charge in [0.05, 0.1) is 6.61 Å². The highest BCUT2D eigenvalue weighted by atomic mass is 16.5. The first-order valence-electron chi connectivity index (χ1n) is 6.01. The molecule has 0 aromatic carbocycles. The first kappa shape index (κ1) is 13.7. The molecule has 2 rings (SSSR count). The molecule has 0 fully saturated rings. The van der Waals surface area contributed by atoms with Crippen LogP contribution in [0.1, 0.15) is 18.3 Å². The van der Waals surface area contributed by atoms with Gasteiger partial charge in [-0.05, 0) is 30.7 Å². The third kappa shape index (κ3) is 3.16. The molecule has 0 amide bonds. The van der Waals surface area contributed by atoms with E-state index in [2.05, 4.69) is 30.9 Å². The lowest BCUT2D eigenvalue weighted by Crippen LogP contribution is -2.10. The maximum Gasteiger partial charge on any atom is 0.343 e. The minimum atomic E-state index is -0.532. The van der Waals surface area contributed by atoms with Crippen LogP contribution in [0.2, 0.25) is 0 Å². The van der Waals surface area contributed by atoms with Crippen LogP contribution >= 0.6 is 0 Å². The SMILES string of the molecule is CCOC(=O)C(=CNc1ncccc1C)c1nn[nH]n1. The minimum absolute atomic E-state index is 0.157. The molecule has 0 aliphatic heterocycles. The van der Waals surface area contributed by atoms with Gasteiger partial charge in [-0.25, -0.2) is 9.78 Å². The molecule has 0 atom stereocenters. The number of nitrogens with zero attached hydrogens (tertiary/aromatic N) is 4. The Morgan fingerprint density at radius 3 is 3.05 bits per heavy atom. The van der Waals surface area contributed by atoms with E-state index in [4.69, 9.17) is 4.74 Å². The van der Waals surface area contributed by atoms with E-state index in [-0.39, 0.29) is 18.0 Å². The minimum Gasteiger partial charge on any atom is -0.462 e. The quantitative estimate of drug-likeness (QED) is 0.616. The van der Waals surface area contributed by atoms with Crippen LogP contribution in [0.3, 0.4) is 0 Å². The zero-order valence-corrected chi connectivity index (χ0v) is 11.1. The number of nitrogens with one attached hydrogen (secondary N) is 2. The second kappa shape index (κ2) is 6.41. The van der Waals surface area contributed by atoms with E-state index >= 15 is 0 Å². The largest absolute Gasteiger partial charge is 0.462 e. The van der Waals surface area contributed by atoms with E-state index in [1.54, 1.807) is 13.1 Å². The summed E-state index contributed by atoms with van der Waals surface area (Å²) < 4.78 is 4.96. The van der Waals surface area contributed by atoms with E-state index in [1.807, 2.05) is 19.1 Å². The molecule has 0 aliphatic rings. The van der Waals surface area contributed by atoms with E-state index in [9.17, 15) is 4.79 Å². The van der Waals surface area contributed by atoms with Gasteiger partial charge in [0, 0.05) is 12.4 Å². The molecule has 0 bridgehead atoms. The van der Waals surface area contributed by atoms with Gasteiger partial charge in [-0.2, -0.15) is 5.21 Å².